The maximum Gasteiger partial charge on any atom is 0.110 e. The van der Waals surface area contributed by atoms with Crippen LogP contribution in [0.1, 0.15) is 23.1 Å². The molecule has 0 aliphatic heterocycles. The van der Waals surface area contributed by atoms with Crippen LogP contribution in [-0.4, -0.2) is 21.1 Å². The molecule has 2 aromatic heterocycles. The van der Waals surface area contributed by atoms with Gasteiger partial charge in [-0.1, -0.05) is 6.07 Å². The minimum absolute atomic E-state index is 0.0829. The fourth-order valence-corrected chi connectivity index (χ4v) is 1.84. The van der Waals surface area contributed by atoms with E-state index in [0.29, 0.717) is 0 Å². The number of pyridine rings is 1. The van der Waals surface area contributed by atoms with Crippen LogP contribution < -0.4 is 5.73 Å². The number of rotatable bonds is 2. The smallest absolute Gasteiger partial charge is 0.110 e. The van der Waals surface area contributed by atoms with Gasteiger partial charge >= 0.3 is 0 Å². The zero-order valence-corrected chi connectivity index (χ0v) is 8.94. The van der Waals surface area contributed by atoms with Crippen LogP contribution in [0.2, 0.25) is 0 Å². The molecule has 4 nitrogen and oxygen atoms in total. The number of hydrogen-bond donors (Lipinski definition) is 2. The maximum absolute atomic E-state index is 9.07. The van der Waals surface area contributed by atoms with Crippen LogP contribution >= 0.6 is 0 Å². The first-order valence-electron chi connectivity index (χ1n) is 4.95. The number of fused-ring (bicyclic) bond motifs is 1. The Kier molecular flexibility index (Phi) is 2.46. The highest BCUT2D eigenvalue weighted by Crippen LogP contribution is 2.21. The average molecular weight is 205 g/mol. The molecule has 1 atom stereocenters. The summed E-state index contributed by atoms with van der Waals surface area (Å²) in [6, 6.07) is 3.59. The summed E-state index contributed by atoms with van der Waals surface area (Å²) in [6.07, 6.45) is 1.96. The van der Waals surface area contributed by atoms with Gasteiger partial charge in [0.25, 0.3) is 0 Å². The lowest BCUT2D eigenvalue weighted by molar-refractivity contribution is 0.266. The van der Waals surface area contributed by atoms with Crippen LogP contribution in [-0.2, 0) is 0 Å². The number of aromatic nitrogens is 2. The molecule has 4 heteroatoms. The first kappa shape index (κ1) is 10.1. The quantitative estimate of drug-likeness (QED) is 0.767. The Bertz CT molecular complexity index is 490. The highest BCUT2D eigenvalue weighted by molar-refractivity contribution is 5.60. The van der Waals surface area contributed by atoms with Crippen LogP contribution in [0, 0.1) is 13.8 Å². The zero-order valence-electron chi connectivity index (χ0n) is 8.94. The molecule has 0 fully saturated rings. The Labute approximate surface area is 88.4 Å². The predicted octanol–water partition coefficient (Wildman–Crippen LogP) is 0.943. The van der Waals surface area contributed by atoms with E-state index in [4.69, 9.17) is 10.8 Å². The minimum Gasteiger partial charge on any atom is -0.394 e. The van der Waals surface area contributed by atoms with Gasteiger partial charge in [-0.3, -0.25) is 0 Å². The van der Waals surface area contributed by atoms with E-state index in [9.17, 15) is 0 Å². The summed E-state index contributed by atoms with van der Waals surface area (Å²) in [6.45, 7) is 3.87. The third-order valence-electron chi connectivity index (χ3n) is 2.62. The molecule has 0 radical (unpaired) electrons. The summed E-state index contributed by atoms with van der Waals surface area (Å²) in [7, 11) is 0. The van der Waals surface area contributed by atoms with E-state index in [1.54, 1.807) is 0 Å². The lowest BCUT2D eigenvalue weighted by Crippen LogP contribution is -2.15. The molecule has 1 unspecified atom stereocenters. The predicted molar refractivity (Wildman–Crippen MR) is 58.7 cm³/mol. The van der Waals surface area contributed by atoms with Crippen molar-refractivity contribution in [3.05, 3.63) is 35.4 Å². The first-order chi connectivity index (χ1) is 7.15. The molecule has 15 heavy (non-hydrogen) atoms. The molecule has 0 saturated carbocycles. The molecule has 3 N–H and O–H groups in total. The minimum atomic E-state index is -0.408. The molecular formula is C11H15N3O. The molecule has 0 saturated heterocycles. The van der Waals surface area contributed by atoms with Crippen molar-refractivity contribution in [2.75, 3.05) is 6.61 Å². The number of aryl methyl sites for hydroxylation is 2. The summed E-state index contributed by atoms with van der Waals surface area (Å²) in [5.41, 5.74) is 8.72. The van der Waals surface area contributed by atoms with E-state index in [1.165, 1.54) is 0 Å². The summed E-state index contributed by atoms with van der Waals surface area (Å²) >= 11 is 0. The molecule has 2 heterocycles. The van der Waals surface area contributed by atoms with E-state index in [1.807, 2.05) is 36.6 Å². The van der Waals surface area contributed by atoms with Crippen molar-refractivity contribution in [3.63, 3.8) is 0 Å². The van der Waals surface area contributed by atoms with Crippen molar-refractivity contribution in [1.82, 2.24) is 9.38 Å². The molecular weight excluding hydrogens is 190 g/mol. The monoisotopic (exact) mass is 205 g/mol. The van der Waals surface area contributed by atoms with Crippen LogP contribution in [0.5, 0.6) is 0 Å². The van der Waals surface area contributed by atoms with Crippen molar-refractivity contribution in [2.24, 2.45) is 5.73 Å². The first-order valence-corrected chi connectivity index (χ1v) is 4.95. The lowest BCUT2D eigenvalue weighted by atomic mass is 10.1. The fraction of sp³-hybridized carbons (Fsp3) is 0.364. The SMILES string of the molecule is Cc1cccn2c(C)nc(C(N)CO)c12. The third-order valence-corrected chi connectivity index (χ3v) is 2.62. The number of nitrogens with two attached hydrogens (primary N) is 1. The molecule has 0 aliphatic rings. The summed E-state index contributed by atoms with van der Waals surface area (Å²) in [5.74, 6) is 0.896. The van der Waals surface area contributed by atoms with Crippen molar-refractivity contribution < 1.29 is 5.11 Å². The van der Waals surface area contributed by atoms with Gasteiger partial charge in [-0.05, 0) is 25.5 Å². The Balaban J connectivity index is 2.75. The molecule has 0 spiro atoms. The summed E-state index contributed by atoms with van der Waals surface area (Å²) in [4.78, 5) is 4.40. The molecule has 2 rings (SSSR count). The van der Waals surface area contributed by atoms with Gasteiger partial charge < -0.3 is 15.2 Å². The zero-order chi connectivity index (χ0) is 11.0. The van der Waals surface area contributed by atoms with Crippen molar-refractivity contribution in [2.45, 2.75) is 19.9 Å². The van der Waals surface area contributed by atoms with Gasteiger partial charge in [0, 0.05) is 6.20 Å². The third kappa shape index (κ3) is 1.52. The number of nitrogens with zero attached hydrogens (tertiary/aromatic N) is 2. The molecule has 0 aliphatic carbocycles. The van der Waals surface area contributed by atoms with Crippen LogP contribution in [0.4, 0.5) is 0 Å². The van der Waals surface area contributed by atoms with Gasteiger partial charge in [-0.15, -0.1) is 0 Å². The standard InChI is InChI=1S/C11H15N3O/c1-7-4-3-5-14-8(2)13-10(11(7)14)9(12)6-15/h3-5,9,15H,6,12H2,1-2H3. The second-order valence-electron chi connectivity index (χ2n) is 3.74. The normalized spacial score (nSPS) is 13.3. The Hall–Kier alpha value is -1.39. The summed E-state index contributed by atoms with van der Waals surface area (Å²) in [5, 5.41) is 9.07. The Morgan fingerprint density at radius 1 is 1.53 bits per heavy atom. The molecule has 0 amide bonds. The van der Waals surface area contributed by atoms with Gasteiger partial charge in [0.2, 0.25) is 0 Å². The van der Waals surface area contributed by atoms with Gasteiger partial charge in [-0.25, -0.2) is 4.98 Å². The number of hydrogen-bond acceptors (Lipinski definition) is 3. The molecule has 0 bridgehead atoms. The lowest BCUT2D eigenvalue weighted by Gasteiger charge is -2.06. The van der Waals surface area contributed by atoms with Crippen molar-refractivity contribution in [3.8, 4) is 0 Å². The van der Waals surface area contributed by atoms with Gasteiger partial charge in [0.15, 0.2) is 0 Å². The maximum atomic E-state index is 9.07. The van der Waals surface area contributed by atoms with E-state index < -0.39 is 6.04 Å². The number of aliphatic hydroxyl groups is 1. The Morgan fingerprint density at radius 3 is 2.93 bits per heavy atom. The van der Waals surface area contributed by atoms with Crippen LogP contribution in [0.25, 0.3) is 5.52 Å². The van der Waals surface area contributed by atoms with Gasteiger partial charge in [0.1, 0.15) is 5.82 Å². The highest BCUT2D eigenvalue weighted by atomic mass is 16.3. The molecule has 2 aromatic rings. The largest absolute Gasteiger partial charge is 0.394 e. The second kappa shape index (κ2) is 3.64. The molecule has 0 aromatic carbocycles. The van der Waals surface area contributed by atoms with Crippen LogP contribution in [0.15, 0.2) is 18.3 Å². The summed E-state index contributed by atoms with van der Waals surface area (Å²) < 4.78 is 2.00. The van der Waals surface area contributed by atoms with Crippen molar-refractivity contribution in [1.29, 1.82) is 0 Å². The second-order valence-corrected chi connectivity index (χ2v) is 3.74. The van der Waals surface area contributed by atoms with Gasteiger partial charge in [-0.2, -0.15) is 0 Å². The van der Waals surface area contributed by atoms with E-state index in [0.717, 1.165) is 22.6 Å². The van der Waals surface area contributed by atoms with Crippen LogP contribution in [0.3, 0.4) is 0 Å². The topological polar surface area (TPSA) is 63.5 Å². The highest BCUT2D eigenvalue weighted by Gasteiger charge is 2.15. The average Bonchev–Trinajstić information content (AvgIpc) is 2.57. The van der Waals surface area contributed by atoms with E-state index in [2.05, 4.69) is 4.98 Å². The van der Waals surface area contributed by atoms with E-state index in [-0.39, 0.29) is 6.61 Å². The van der Waals surface area contributed by atoms with Crippen molar-refractivity contribution >= 4 is 5.52 Å². The number of imidazole rings is 1. The Morgan fingerprint density at radius 2 is 2.27 bits per heavy atom. The van der Waals surface area contributed by atoms with E-state index >= 15 is 0 Å². The fourth-order valence-electron chi connectivity index (χ4n) is 1.84. The number of aliphatic hydroxyl groups excluding tert-OH is 1. The van der Waals surface area contributed by atoms with Gasteiger partial charge in [0.05, 0.1) is 23.9 Å². The molecule has 80 valence electrons.